The van der Waals surface area contributed by atoms with Gasteiger partial charge in [-0.1, -0.05) is 32.4 Å². The Hall–Kier alpha value is -0.800. The molecule has 3 heteroatoms. The Kier molecular flexibility index (Phi) is 4.84. The first-order valence-electron chi connectivity index (χ1n) is 6.71. The third-order valence-electron chi connectivity index (χ3n) is 3.14. The van der Waals surface area contributed by atoms with Gasteiger partial charge in [0.25, 0.3) is 0 Å². The number of ketones is 1. The summed E-state index contributed by atoms with van der Waals surface area (Å²) in [7, 11) is 0. The summed E-state index contributed by atoms with van der Waals surface area (Å²) in [4.78, 5) is 13.5. The van der Waals surface area contributed by atoms with Crippen molar-refractivity contribution in [3.05, 3.63) is 29.8 Å². The summed E-state index contributed by atoms with van der Waals surface area (Å²) in [5.74, 6) is 0.246. The molecule has 0 saturated carbocycles. The molecule has 0 spiro atoms. The SMILES string of the molecule is CC(C)Sc1ccc(C(=O)C2CCCCN2)cc1. The summed E-state index contributed by atoms with van der Waals surface area (Å²) in [6.07, 6.45) is 3.32. The van der Waals surface area contributed by atoms with Crippen LogP contribution in [-0.2, 0) is 0 Å². The molecule has 98 valence electrons. The largest absolute Gasteiger partial charge is 0.307 e. The van der Waals surface area contributed by atoms with Crippen LogP contribution in [0.2, 0.25) is 0 Å². The fraction of sp³-hybridized carbons (Fsp3) is 0.533. The van der Waals surface area contributed by atoms with Crippen molar-refractivity contribution >= 4 is 17.5 Å². The minimum absolute atomic E-state index is 0.0300. The molecule has 1 aromatic carbocycles. The average Bonchev–Trinajstić information content (AvgIpc) is 2.39. The molecule has 0 aliphatic carbocycles. The van der Waals surface area contributed by atoms with E-state index in [0.29, 0.717) is 5.25 Å². The first-order valence-corrected chi connectivity index (χ1v) is 7.59. The van der Waals surface area contributed by atoms with Gasteiger partial charge in [-0.2, -0.15) is 0 Å². The number of carbonyl (C=O) groups excluding carboxylic acids is 1. The van der Waals surface area contributed by atoms with E-state index in [1.54, 1.807) is 0 Å². The second-order valence-corrected chi connectivity index (χ2v) is 6.71. The van der Waals surface area contributed by atoms with Crippen molar-refractivity contribution in [2.45, 2.75) is 49.3 Å². The monoisotopic (exact) mass is 263 g/mol. The van der Waals surface area contributed by atoms with Gasteiger partial charge < -0.3 is 5.32 Å². The number of nitrogens with one attached hydrogen (secondary N) is 1. The van der Waals surface area contributed by atoms with E-state index in [9.17, 15) is 4.79 Å². The minimum Gasteiger partial charge on any atom is -0.307 e. The van der Waals surface area contributed by atoms with E-state index in [0.717, 1.165) is 24.9 Å². The highest BCUT2D eigenvalue weighted by Gasteiger charge is 2.21. The van der Waals surface area contributed by atoms with Crippen molar-refractivity contribution in [3.63, 3.8) is 0 Å². The molecular weight excluding hydrogens is 242 g/mol. The lowest BCUT2D eigenvalue weighted by atomic mass is 9.96. The van der Waals surface area contributed by atoms with Crippen LogP contribution in [0.5, 0.6) is 0 Å². The lowest BCUT2D eigenvalue weighted by Crippen LogP contribution is -2.40. The molecule has 1 aromatic rings. The van der Waals surface area contributed by atoms with Crippen LogP contribution >= 0.6 is 11.8 Å². The molecule has 2 rings (SSSR count). The zero-order chi connectivity index (χ0) is 13.0. The quantitative estimate of drug-likeness (QED) is 0.666. The number of hydrogen-bond acceptors (Lipinski definition) is 3. The van der Waals surface area contributed by atoms with E-state index >= 15 is 0 Å². The Morgan fingerprint density at radius 1 is 1.28 bits per heavy atom. The lowest BCUT2D eigenvalue weighted by molar-refractivity contribution is 0.0927. The van der Waals surface area contributed by atoms with Gasteiger partial charge in [0.1, 0.15) is 0 Å². The Morgan fingerprint density at radius 2 is 2.00 bits per heavy atom. The number of piperidine rings is 1. The fourth-order valence-corrected chi connectivity index (χ4v) is 3.08. The number of thioether (sulfide) groups is 1. The Balaban J connectivity index is 2.02. The van der Waals surface area contributed by atoms with Gasteiger partial charge in [-0.15, -0.1) is 11.8 Å². The van der Waals surface area contributed by atoms with E-state index in [2.05, 4.69) is 31.3 Å². The Labute approximate surface area is 114 Å². The van der Waals surface area contributed by atoms with E-state index in [1.165, 1.54) is 11.3 Å². The minimum atomic E-state index is 0.0300. The maximum atomic E-state index is 12.3. The predicted molar refractivity (Wildman–Crippen MR) is 77.4 cm³/mol. The van der Waals surface area contributed by atoms with Gasteiger partial charge in [0.05, 0.1) is 6.04 Å². The molecule has 0 bridgehead atoms. The molecule has 0 aromatic heterocycles. The highest BCUT2D eigenvalue weighted by atomic mass is 32.2. The van der Waals surface area contributed by atoms with Gasteiger partial charge >= 0.3 is 0 Å². The van der Waals surface area contributed by atoms with Gasteiger partial charge in [0, 0.05) is 15.7 Å². The molecule has 18 heavy (non-hydrogen) atoms. The first kappa shape index (κ1) is 13.6. The van der Waals surface area contributed by atoms with Crippen molar-refractivity contribution in [1.82, 2.24) is 5.32 Å². The topological polar surface area (TPSA) is 29.1 Å². The molecule has 1 fully saturated rings. The summed E-state index contributed by atoms with van der Waals surface area (Å²) >= 11 is 1.83. The Bertz CT molecular complexity index is 393. The van der Waals surface area contributed by atoms with Crippen LogP contribution in [0.3, 0.4) is 0 Å². The molecule has 1 atom stereocenters. The predicted octanol–water partition coefficient (Wildman–Crippen LogP) is 3.51. The summed E-state index contributed by atoms with van der Waals surface area (Å²) in [5.41, 5.74) is 0.836. The van der Waals surface area contributed by atoms with Gasteiger partial charge in [-0.05, 0) is 31.5 Å². The molecule has 1 aliphatic heterocycles. The summed E-state index contributed by atoms with van der Waals surface area (Å²) < 4.78 is 0. The van der Waals surface area contributed by atoms with Gasteiger partial charge in [0.2, 0.25) is 0 Å². The third kappa shape index (κ3) is 3.59. The van der Waals surface area contributed by atoms with Crippen LogP contribution in [0.15, 0.2) is 29.2 Å². The first-order chi connectivity index (χ1) is 8.66. The Morgan fingerprint density at radius 3 is 2.56 bits per heavy atom. The molecule has 0 radical (unpaired) electrons. The molecule has 1 aliphatic rings. The second-order valence-electron chi connectivity index (χ2n) is 5.06. The maximum Gasteiger partial charge on any atom is 0.179 e. The lowest BCUT2D eigenvalue weighted by Gasteiger charge is -2.22. The zero-order valence-electron chi connectivity index (χ0n) is 11.1. The molecule has 1 unspecified atom stereocenters. The molecular formula is C15H21NOS. The van der Waals surface area contributed by atoms with Crippen molar-refractivity contribution in [3.8, 4) is 0 Å². The van der Waals surface area contributed by atoms with E-state index in [1.807, 2.05) is 23.9 Å². The standard InChI is InChI=1S/C15H21NOS/c1-11(2)18-13-8-6-12(7-9-13)15(17)14-5-3-4-10-16-14/h6-9,11,14,16H,3-5,10H2,1-2H3. The van der Waals surface area contributed by atoms with Crippen LogP contribution in [0, 0.1) is 0 Å². The number of rotatable bonds is 4. The fourth-order valence-electron chi connectivity index (χ4n) is 2.25. The van der Waals surface area contributed by atoms with Crippen LogP contribution in [-0.4, -0.2) is 23.6 Å². The van der Waals surface area contributed by atoms with Crippen LogP contribution in [0.4, 0.5) is 0 Å². The van der Waals surface area contributed by atoms with Crippen molar-refractivity contribution in [2.75, 3.05) is 6.54 Å². The van der Waals surface area contributed by atoms with Gasteiger partial charge in [-0.25, -0.2) is 0 Å². The number of benzene rings is 1. The number of Topliss-reactive ketones (excluding diaryl/α,β-unsaturated/α-hetero) is 1. The molecule has 0 amide bonds. The van der Waals surface area contributed by atoms with Crippen molar-refractivity contribution < 1.29 is 4.79 Å². The average molecular weight is 263 g/mol. The summed E-state index contributed by atoms with van der Waals surface area (Å²) in [6, 6.07) is 8.07. The molecule has 1 heterocycles. The van der Waals surface area contributed by atoms with Crippen LogP contribution in [0.1, 0.15) is 43.5 Å². The summed E-state index contributed by atoms with van der Waals surface area (Å²) in [6.45, 7) is 5.32. The smallest absolute Gasteiger partial charge is 0.179 e. The van der Waals surface area contributed by atoms with E-state index in [4.69, 9.17) is 0 Å². The molecule has 1 N–H and O–H groups in total. The third-order valence-corrected chi connectivity index (χ3v) is 4.15. The highest BCUT2D eigenvalue weighted by molar-refractivity contribution is 7.99. The van der Waals surface area contributed by atoms with Crippen LogP contribution in [0.25, 0.3) is 0 Å². The van der Waals surface area contributed by atoms with E-state index < -0.39 is 0 Å². The number of hydrogen-bond donors (Lipinski definition) is 1. The second kappa shape index (κ2) is 6.39. The normalized spacial score (nSPS) is 20.1. The summed E-state index contributed by atoms with van der Waals surface area (Å²) in [5, 5.41) is 3.88. The van der Waals surface area contributed by atoms with Crippen LogP contribution < -0.4 is 5.32 Å². The maximum absolute atomic E-state index is 12.3. The van der Waals surface area contributed by atoms with Gasteiger partial charge in [0.15, 0.2) is 5.78 Å². The van der Waals surface area contributed by atoms with E-state index in [-0.39, 0.29) is 11.8 Å². The molecule has 1 saturated heterocycles. The van der Waals surface area contributed by atoms with Crippen molar-refractivity contribution in [1.29, 1.82) is 0 Å². The van der Waals surface area contributed by atoms with Crippen molar-refractivity contribution in [2.24, 2.45) is 0 Å². The number of carbonyl (C=O) groups is 1. The van der Waals surface area contributed by atoms with Gasteiger partial charge in [-0.3, -0.25) is 4.79 Å². The molecule has 2 nitrogen and oxygen atoms in total. The zero-order valence-corrected chi connectivity index (χ0v) is 11.9. The highest BCUT2D eigenvalue weighted by Crippen LogP contribution is 2.23.